The van der Waals surface area contributed by atoms with Crippen LogP contribution in [0.15, 0.2) is 97.5 Å². The molecule has 0 bridgehead atoms. The number of carbonyl (C=O) groups is 1. The van der Waals surface area contributed by atoms with Gasteiger partial charge in [-0.1, -0.05) is 24.3 Å². The molecule has 0 aliphatic carbocycles. The third-order valence-corrected chi connectivity index (χ3v) is 7.54. The molecule has 1 unspecified atom stereocenters. The van der Waals surface area contributed by atoms with Crippen LogP contribution in [0.1, 0.15) is 10.4 Å². The van der Waals surface area contributed by atoms with E-state index in [0.717, 1.165) is 54.2 Å². The zero-order valence-electron chi connectivity index (χ0n) is 22.6. The third kappa shape index (κ3) is 6.37. The monoisotopic (exact) mass is 578 g/mol. The minimum atomic E-state index is -2.23. The maximum absolute atomic E-state index is 12.8. The lowest BCUT2D eigenvalue weighted by Crippen LogP contribution is -2.46. The first-order chi connectivity index (χ1) is 20.5. The number of anilines is 4. The van der Waals surface area contributed by atoms with Gasteiger partial charge in [-0.25, -0.2) is 4.98 Å². The van der Waals surface area contributed by atoms with Crippen molar-refractivity contribution in [3.63, 3.8) is 0 Å². The van der Waals surface area contributed by atoms with E-state index < -0.39 is 11.1 Å². The number of hydrogen-bond donors (Lipinski definition) is 2. The van der Waals surface area contributed by atoms with Crippen LogP contribution in [0.4, 0.5) is 22.9 Å². The van der Waals surface area contributed by atoms with Gasteiger partial charge in [0.15, 0.2) is 0 Å². The summed E-state index contributed by atoms with van der Waals surface area (Å²) >= 11 is -2.23. The molecule has 10 nitrogen and oxygen atoms in total. The number of nitrogens with one attached hydrogen (secondary N) is 2. The Morgan fingerprint density at radius 3 is 2.33 bits per heavy atom. The fourth-order valence-electron chi connectivity index (χ4n) is 4.94. The van der Waals surface area contributed by atoms with Crippen molar-refractivity contribution >= 4 is 50.9 Å². The van der Waals surface area contributed by atoms with Crippen LogP contribution in [-0.4, -0.2) is 61.7 Å². The molecule has 1 aliphatic heterocycles. The van der Waals surface area contributed by atoms with Crippen LogP contribution in [0.2, 0.25) is 0 Å². The van der Waals surface area contributed by atoms with Gasteiger partial charge < -0.3 is 25.0 Å². The normalized spacial score (nSPS) is 14.0. The molecular formula is C31H28N7O3S-. The van der Waals surface area contributed by atoms with Crippen LogP contribution >= 0.6 is 0 Å². The summed E-state index contributed by atoms with van der Waals surface area (Å²) in [6.07, 6.45) is 5.49. The average Bonchev–Trinajstić information content (AvgIpc) is 3.04. The van der Waals surface area contributed by atoms with Crippen molar-refractivity contribution in [1.82, 2.24) is 15.0 Å². The number of pyridine rings is 1. The van der Waals surface area contributed by atoms with Gasteiger partial charge in [0.2, 0.25) is 0 Å². The van der Waals surface area contributed by atoms with Crippen molar-refractivity contribution in [2.45, 2.75) is 0 Å². The van der Waals surface area contributed by atoms with Crippen LogP contribution in [0.5, 0.6) is 0 Å². The topological polar surface area (TPSA) is 126 Å². The minimum absolute atomic E-state index is 0.224. The zero-order valence-corrected chi connectivity index (χ0v) is 23.5. The fourth-order valence-corrected chi connectivity index (χ4v) is 5.23. The summed E-state index contributed by atoms with van der Waals surface area (Å²) in [5.41, 5.74) is 6.46. The Balaban J connectivity index is 1.12. The molecule has 42 heavy (non-hydrogen) atoms. The van der Waals surface area contributed by atoms with Crippen LogP contribution in [0.25, 0.3) is 22.2 Å². The lowest BCUT2D eigenvalue weighted by Gasteiger charge is -2.36. The molecule has 3 aromatic carbocycles. The van der Waals surface area contributed by atoms with Gasteiger partial charge in [0, 0.05) is 61.2 Å². The Morgan fingerprint density at radius 1 is 0.833 bits per heavy atom. The predicted molar refractivity (Wildman–Crippen MR) is 165 cm³/mol. The SMILES string of the molecule is O=C(Nc1ccc(-c2ccc3ncc(N4CCN(c5ccncc5)CC4)nc3c2)cc1)c1cccc(NCS(=O)[O-])c1. The number of fused-ring (bicyclic) bond motifs is 1. The molecule has 1 fully saturated rings. The highest BCUT2D eigenvalue weighted by Crippen LogP contribution is 2.26. The molecule has 0 radical (unpaired) electrons. The minimum Gasteiger partial charge on any atom is -0.771 e. The number of benzene rings is 3. The van der Waals surface area contributed by atoms with Crippen molar-refractivity contribution in [1.29, 1.82) is 0 Å². The van der Waals surface area contributed by atoms with Crippen molar-refractivity contribution < 1.29 is 13.6 Å². The second kappa shape index (κ2) is 12.3. The molecule has 6 rings (SSSR count). The van der Waals surface area contributed by atoms with Crippen LogP contribution < -0.4 is 20.4 Å². The van der Waals surface area contributed by atoms with E-state index in [4.69, 9.17) is 4.98 Å². The van der Waals surface area contributed by atoms with Gasteiger partial charge in [-0.3, -0.25) is 19.0 Å². The highest BCUT2D eigenvalue weighted by molar-refractivity contribution is 7.79. The van der Waals surface area contributed by atoms with Gasteiger partial charge in [-0.2, -0.15) is 0 Å². The number of carbonyl (C=O) groups excluding carboxylic acids is 1. The van der Waals surface area contributed by atoms with Crippen molar-refractivity contribution in [3.05, 3.63) is 103 Å². The number of hydrogen-bond acceptors (Lipinski definition) is 9. The molecular weight excluding hydrogens is 550 g/mol. The van der Waals surface area contributed by atoms with Gasteiger partial charge in [-0.05, 0) is 76.8 Å². The molecule has 11 heteroatoms. The summed E-state index contributed by atoms with van der Waals surface area (Å²) in [6.45, 7) is 3.52. The van der Waals surface area contributed by atoms with Crippen LogP contribution in [0, 0.1) is 0 Å². The van der Waals surface area contributed by atoms with E-state index in [1.165, 1.54) is 5.69 Å². The van der Waals surface area contributed by atoms with Crippen LogP contribution in [-0.2, 0) is 11.1 Å². The predicted octanol–water partition coefficient (Wildman–Crippen LogP) is 4.52. The smallest absolute Gasteiger partial charge is 0.255 e. The Kier molecular flexibility index (Phi) is 8.02. The number of rotatable bonds is 8. The van der Waals surface area contributed by atoms with Gasteiger partial charge in [0.05, 0.1) is 23.1 Å². The highest BCUT2D eigenvalue weighted by atomic mass is 32.2. The average molecular weight is 579 g/mol. The summed E-state index contributed by atoms with van der Waals surface area (Å²) < 4.78 is 21.6. The lowest BCUT2D eigenvalue weighted by molar-refractivity contribution is 0.102. The largest absolute Gasteiger partial charge is 0.771 e. The Hall–Kier alpha value is -4.87. The summed E-state index contributed by atoms with van der Waals surface area (Å²) in [4.78, 5) is 31.1. The molecule has 0 spiro atoms. The Morgan fingerprint density at radius 2 is 1.57 bits per heavy atom. The maximum Gasteiger partial charge on any atom is 0.255 e. The molecule has 2 N–H and O–H groups in total. The fraction of sp³-hybridized carbons (Fsp3) is 0.161. The van der Waals surface area contributed by atoms with E-state index in [1.54, 1.807) is 24.3 Å². The first-order valence-corrected chi connectivity index (χ1v) is 14.7. The highest BCUT2D eigenvalue weighted by Gasteiger charge is 2.19. The maximum atomic E-state index is 12.8. The van der Waals surface area contributed by atoms with E-state index in [0.29, 0.717) is 16.9 Å². The standard InChI is InChI=1S/C31H29N7O3S/c39-31(24-2-1-3-26(18-24)34-21-42(40)41)35-25-7-4-22(5-8-25)23-6-9-28-29(19-23)36-30(20-33-28)38-16-14-37(15-17-38)27-10-12-32-13-11-27/h1-13,18-20,34H,14-17,21H2,(H,35,39)(H,40,41)/p-1. The molecule has 3 heterocycles. The van der Waals surface area contributed by atoms with E-state index in [2.05, 4.69) is 30.4 Å². The molecule has 1 amide bonds. The van der Waals surface area contributed by atoms with E-state index in [9.17, 15) is 13.6 Å². The Labute approximate surface area is 245 Å². The summed E-state index contributed by atoms with van der Waals surface area (Å²) in [5.74, 6) is 0.357. The summed E-state index contributed by atoms with van der Waals surface area (Å²) in [6, 6.07) is 24.4. The van der Waals surface area contributed by atoms with Crippen LogP contribution in [0.3, 0.4) is 0 Å². The van der Waals surface area contributed by atoms with Crippen molar-refractivity contribution in [3.8, 4) is 11.1 Å². The quantitative estimate of drug-likeness (QED) is 0.256. The first kappa shape index (κ1) is 27.3. The molecule has 1 atom stereocenters. The molecule has 5 aromatic rings. The van der Waals surface area contributed by atoms with E-state index in [1.807, 2.05) is 73.2 Å². The van der Waals surface area contributed by atoms with Crippen molar-refractivity contribution in [2.24, 2.45) is 0 Å². The summed E-state index contributed by atoms with van der Waals surface area (Å²) in [7, 11) is 0. The number of amides is 1. The van der Waals surface area contributed by atoms with Gasteiger partial charge in [0.25, 0.3) is 5.91 Å². The number of piperazine rings is 1. The molecule has 1 aliphatic rings. The van der Waals surface area contributed by atoms with Crippen molar-refractivity contribution in [2.75, 3.05) is 52.5 Å². The molecule has 212 valence electrons. The molecule has 1 saturated heterocycles. The second-order valence-electron chi connectivity index (χ2n) is 9.85. The molecule has 2 aromatic heterocycles. The molecule has 0 saturated carbocycles. The van der Waals surface area contributed by atoms with Gasteiger partial charge in [-0.15, -0.1) is 0 Å². The third-order valence-electron chi connectivity index (χ3n) is 7.16. The van der Waals surface area contributed by atoms with E-state index in [-0.39, 0.29) is 11.8 Å². The van der Waals surface area contributed by atoms with E-state index >= 15 is 0 Å². The number of nitrogens with zero attached hydrogens (tertiary/aromatic N) is 5. The first-order valence-electron chi connectivity index (χ1n) is 13.5. The zero-order chi connectivity index (χ0) is 28.9. The Bertz CT molecular complexity index is 1730. The lowest BCUT2D eigenvalue weighted by atomic mass is 10.0. The number of aromatic nitrogens is 3. The van der Waals surface area contributed by atoms with Gasteiger partial charge in [0.1, 0.15) is 5.82 Å². The summed E-state index contributed by atoms with van der Waals surface area (Å²) in [5, 5.41) is 5.66. The van der Waals surface area contributed by atoms with Gasteiger partial charge >= 0.3 is 0 Å². The second-order valence-corrected chi connectivity index (χ2v) is 10.7.